The van der Waals surface area contributed by atoms with Crippen molar-refractivity contribution in [2.24, 2.45) is 5.41 Å². The number of anilines is 1. The Labute approximate surface area is 149 Å². The predicted molar refractivity (Wildman–Crippen MR) is 95.4 cm³/mol. The monoisotopic (exact) mass is 342 g/mol. The molecule has 134 valence electrons. The van der Waals surface area contributed by atoms with Crippen LogP contribution in [0.1, 0.15) is 36.1 Å². The van der Waals surface area contributed by atoms with Gasteiger partial charge in [0.2, 0.25) is 5.91 Å². The van der Waals surface area contributed by atoms with Gasteiger partial charge in [-0.3, -0.25) is 4.79 Å². The number of carbonyl (C=O) groups excluding carboxylic acids is 1. The number of amides is 1. The maximum Gasteiger partial charge on any atom is 0.230 e. The third-order valence-electron chi connectivity index (χ3n) is 5.48. The molecule has 1 amide bonds. The van der Waals surface area contributed by atoms with Crippen molar-refractivity contribution >= 4 is 11.7 Å². The Morgan fingerprint density at radius 2 is 2.16 bits per heavy atom. The van der Waals surface area contributed by atoms with Crippen molar-refractivity contribution in [1.29, 1.82) is 5.26 Å². The Hall–Kier alpha value is -2.13. The number of ether oxygens (including phenoxy) is 1. The Balaban J connectivity index is 1.84. The molecule has 25 heavy (non-hydrogen) atoms. The van der Waals surface area contributed by atoms with Crippen molar-refractivity contribution < 1.29 is 9.53 Å². The van der Waals surface area contributed by atoms with Crippen LogP contribution in [0.3, 0.4) is 0 Å². The second-order valence-electron chi connectivity index (χ2n) is 7.23. The molecule has 2 aliphatic heterocycles. The molecule has 3 rings (SSSR count). The summed E-state index contributed by atoms with van der Waals surface area (Å²) >= 11 is 0. The van der Waals surface area contributed by atoms with Gasteiger partial charge in [0.05, 0.1) is 17.6 Å². The Bertz CT molecular complexity index is 712. The summed E-state index contributed by atoms with van der Waals surface area (Å²) in [6.45, 7) is 7.36. The van der Waals surface area contributed by atoms with Crippen LogP contribution in [0.2, 0.25) is 0 Å². The van der Waals surface area contributed by atoms with Gasteiger partial charge < -0.3 is 14.5 Å². The lowest BCUT2D eigenvalue weighted by Crippen LogP contribution is -2.51. The third-order valence-corrected chi connectivity index (χ3v) is 5.48. The molecule has 1 spiro atoms. The van der Waals surface area contributed by atoms with Gasteiger partial charge in [-0.15, -0.1) is 0 Å². The molecule has 0 N–H and O–H groups in total. The van der Waals surface area contributed by atoms with Crippen molar-refractivity contribution in [1.82, 2.24) is 9.88 Å². The molecule has 2 aliphatic rings. The zero-order chi connectivity index (χ0) is 18.0. The highest BCUT2D eigenvalue weighted by Gasteiger charge is 2.48. The molecule has 3 heterocycles. The molecule has 0 bridgehead atoms. The number of likely N-dealkylation sites (tertiary alicyclic amines) is 1. The molecule has 1 aromatic heterocycles. The lowest BCUT2D eigenvalue weighted by Gasteiger charge is -2.39. The first kappa shape index (κ1) is 17.7. The van der Waals surface area contributed by atoms with E-state index in [9.17, 15) is 10.1 Å². The molecule has 2 saturated heterocycles. The fourth-order valence-electron chi connectivity index (χ4n) is 4.18. The number of methoxy groups -OCH3 is 1. The van der Waals surface area contributed by atoms with E-state index in [1.807, 2.05) is 24.8 Å². The number of hydrogen-bond acceptors (Lipinski definition) is 5. The van der Waals surface area contributed by atoms with Crippen molar-refractivity contribution in [3.8, 4) is 6.07 Å². The molecule has 1 atom stereocenters. The highest BCUT2D eigenvalue weighted by atomic mass is 16.5. The fourth-order valence-corrected chi connectivity index (χ4v) is 4.18. The van der Waals surface area contributed by atoms with E-state index < -0.39 is 0 Å². The summed E-state index contributed by atoms with van der Waals surface area (Å²) in [7, 11) is 1.66. The number of carbonyl (C=O) groups is 1. The summed E-state index contributed by atoms with van der Waals surface area (Å²) in [5, 5.41) is 9.54. The molecule has 0 unspecified atom stereocenters. The van der Waals surface area contributed by atoms with Gasteiger partial charge in [0.1, 0.15) is 11.9 Å². The largest absolute Gasteiger partial charge is 0.383 e. The van der Waals surface area contributed by atoms with E-state index in [0.29, 0.717) is 25.3 Å². The number of nitrogens with zero attached hydrogens (tertiary/aromatic N) is 4. The minimum atomic E-state index is -0.335. The van der Waals surface area contributed by atoms with Crippen LogP contribution in [-0.2, 0) is 9.53 Å². The van der Waals surface area contributed by atoms with E-state index in [4.69, 9.17) is 4.74 Å². The summed E-state index contributed by atoms with van der Waals surface area (Å²) in [6.07, 6.45) is 2.77. The summed E-state index contributed by atoms with van der Waals surface area (Å²) in [4.78, 5) is 21.8. The van der Waals surface area contributed by atoms with Gasteiger partial charge in [-0.2, -0.15) is 5.26 Å². The van der Waals surface area contributed by atoms with Crippen molar-refractivity contribution in [3.05, 3.63) is 22.9 Å². The van der Waals surface area contributed by atoms with Crippen LogP contribution in [0.5, 0.6) is 0 Å². The van der Waals surface area contributed by atoms with E-state index in [2.05, 4.69) is 16.0 Å². The average molecular weight is 342 g/mol. The van der Waals surface area contributed by atoms with E-state index in [1.54, 1.807) is 7.11 Å². The Morgan fingerprint density at radius 3 is 2.88 bits per heavy atom. The van der Waals surface area contributed by atoms with E-state index in [-0.39, 0.29) is 11.3 Å². The number of piperidine rings is 1. The normalized spacial score (nSPS) is 23.4. The topological polar surface area (TPSA) is 69.5 Å². The number of pyridine rings is 1. The fraction of sp³-hybridized carbons (Fsp3) is 0.632. The number of hydrogen-bond donors (Lipinski definition) is 0. The maximum absolute atomic E-state index is 13.1. The van der Waals surface area contributed by atoms with Gasteiger partial charge >= 0.3 is 0 Å². The molecule has 0 saturated carbocycles. The quantitative estimate of drug-likeness (QED) is 0.837. The van der Waals surface area contributed by atoms with Crippen LogP contribution in [-0.4, -0.2) is 55.7 Å². The van der Waals surface area contributed by atoms with E-state index >= 15 is 0 Å². The summed E-state index contributed by atoms with van der Waals surface area (Å²) in [6, 6.07) is 4.23. The van der Waals surface area contributed by atoms with E-state index in [0.717, 1.165) is 49.4 Å². The molecule has 0 aliphatic carbocycles. The van der Waals surface area contributed by atoms with Crippen LogP contribution in [0.25, 0.3) is 0 Å². The number of aryl methyl sites for hydroxylation is 2. The lowest BCUT2D eigenvalue weighted by molar-refractivity contribution is -0.145. The first-order valence-corrected chi connectivity index (χ1v) is 8.92. The second-order valence-corrected chi connectivity index (χ2v) is 7.23. The third kappa shape index (κ3) is 3.21. The second kappa shape index (κ2) is 7.01. The van der Waals surface area contributed by atoms with Gasteiger partial charge in [-0.05, 0) is 44.7 Å². The van der Waals surface area contributed by atoms with Crippen LogP contribution >= 0.6 is 0 Å². The van der Waals surface area contributed by atoms with Gasteiger partial charge in [0.25, 0.3) is 0 Å². The van der Waals surface area contributed by atoms with Crippen LogP contribution in [0, 0.1) is 30.6 Å². The van der Waals surface area contributed by atoms with Gasteiger partial charge in [-0.25, -0.2) is 4.98 Å². The minimum absolute atomic E-state index is 0.237. The minimum Gasteiger partial charge on any atom is -0.383 e. The Morgan fingerprint density at radius 1 is 1.36 bits per heavy atom. The zero-order valence-electron chi connectivity index (χ0n) is 15.3. The van der Waals surface area contributed by atoms with Crippen LogP contribution < -0.4 is 4.90 Å². The molecular formula is C19H26N4O2. The smallest absolute Gasteiger partial charge is 0.230 e. The maximum atomic E-state index is 13.1. The zero-order valence-corrected chi connectivity index (χ0v) is 15.3. The first-order chi connectivity index (χ1) is 12.0. The molecule has 0 aromatic carbocycles. The van der Waals surface area contributed by atoms with E-state index in [1.165, 1.54) is 0 Å². The number of rotatable bonds is 4. The highest BCUT2D eigenvalue weighted by Crippen LogP contribution is 2.42. The lowest BCUT2D eigenvalue weighted by atomic mass is 9.78. The SMILES string of the molecule is COCCN1CCC[C@]2(CCN(c3nc(C)cc(C)c3C#N)C2)C1=O. The Kier molecular flexibility index (Phi) is 4.96. The van der Waals surface area contributed by atoms with Crippen molar-refractivity contribution in [2.75, 3.05) is 44.8 Å². The molecule has 6 heteroatoms. The molecular weight excluding hydrogens is 316 g/mol. The first-order valence-electron chi connectivity index (χ1n) is 8.92. The predicted octanol–water partition coefficient (Wildman–Crippen LogP) is 2.04. The molecule has 0 radical (unpaired) electrons. The van der Waals surface area contributed by atoms with Crippen molar-refractivity contribution in [2.45, 2.75) is 33.1 Å². The van der Waals surface area contributed by atoms with Crippen LogP contribution in [0.4, 0.5) is 5.82 Å². The summed E-state index contributed by atoms with van der Waals surface area (Å²) in [5.74, 6) is 0.972. The van der Waals surface area contributed by atoms with Crippen molar-refractivity contribution in [3.63, 3.8) is 0 Å². The average Bonchev–Trinajstić information content (AvgIpc) is 3.01. The molecule has 2 fully saturated rings. The van der Waals surface area contributed by atoms with Gasteiger partial charge in [0.15, 0.2) is 0 Å². The number of nitriles is 1. The number of aromatic nitrogens is 1. The summed E-state index contributed by atoms with van der Waals surface area (Å²) < 4.78 is 5.14. The van der Waals surface area contributed by atoms with Crippen LogP contribution in [0.15, 0.2) is 6.07 Å². The highest BCUT2D eigenvalue weighted by molar-refractivity contribution is 5.85. The molecule has 6 nitrogen and oxygen atoms in total. The standard InChI is InChI=1S/C19H26N4O2/c1-14-11-15(2)21-17(16(14)12-20)23-8-6-19(13-23)5-4-7-22(18(19)24)9-10-25-3/h11H,4-10,13H2,1-3H3/t19-/m1/s1. The summed E-state index contributed by atoms with van der Waals surface area (Å²) in [5.41, 5.74) is 2.15. The van der Waals surface area contributed by atoms with Gasteiger partial charge in [0, 0.05) is 39.0 Å². The van der Waals surface area contributed by atoms with Gasteiger partial charge in [-0.1, -0.05) is 0 Å². The molecule has 1 aromatic rings.